The third kappa shape index (κ3) is 75.2. The van der Waals surface area contributed by atoms with Crippen molar-refractivity contribution in [3.8, 4) is 0 Å². The van der Waals surface area contributed by atoms with E-state index in [2.05, 4.69) is 177 Å². The molecule has 0 radical (unpaired) electrons. The van der Waals surface area contributed by atoms with Crippen LogP contribution in [0.4, 0.5) is 0 Å². The fourth-order valence-electron chi connectivity index (χ4n) is 10.5. The van der Waals surface area contributed by atoms with Gasteiger partial charge in [0.15, 0.2) is 0 Å². The zero-order chi connectivity index (χ0) is 68.3. The first-order valence-corrected chi connectivity index (χ1v) is 40.0. The Morgan fingerprint density at radius 2 is 0.660 bits per heavy atom. The van der Waals surface area contributed by atoms with Gasteiger partial charge in [0.2, 0.25) is 5.91 Å². The highest BCUT2D eigenvalue weighted by Crippen LogP contribution is 2.38. The lowest BCUT2D eigenvalue weighted by molar-refractivity contribution is -0.870. The number of likely N-dealkylation sites (N-methyl/N-ethyl adjacent to an activating group) is 1. The Morgan fingerprint density at radius 3 is 0.989 bits per heavy atom. The largest absolute Gasteiger partial charge is 0.756 e. The standard InChI is InChI=1S/C85H145N2O6P/c1-6-8-10-12-14-16-18-20-22-24-26-28-30-32-34-36-38-39-40-41-42-43-44-45-46-47-49-51-53-55-57-59-61-63-65-67-69-71-73-75-77-79-85(89)86-83(82-93-94(90,91)92-81-80-87(3,4)5)84(88)78-76-74-72-70-68-66-64-62-60-58-56-54-52-50-48-37-35-33-31-29-27-25-23-21-19-17-15-13-11-9-7-2/h8,10,14,16,20,22,26,28,32,34,38-39,41-42,44-45,47,49,53,55,59,61,65,67-68,70,76,78,83-84,88H,6-7,9,11-13,15,17-19,21,23-25,27,29-31,33,35-37,40,43,46,48,50-52,54,56-58,60,62-64,66,69,71-75,77,79-82H2,1-5H3,(H-,86,89,90,91)/b10-8-,16-14-,22-20-,28-26-,34-32-,39-38-,42-41-,45-44-,49-47-,55-53-,61-59-,67-65-,70-68+,78-76+. The summed E-state index contributed by atoms with van der Waals surface area (Å²) >= 11 is 0. The molecular formula is C85H145N2O6P. The number of aliphatic hydroxyl groups is 1. The molecule has 0 aliphatic rings. The molecular weight excluding hydrogens is 1180 g/mol. The summed E-state index contributed by atoms with van der Waals surface area (Å²) in [6, 6.07) is -0.933. The van der Waals surface area contributed by atoms with Crippen molar-refractivity contribution < 1.29 is 32.9 Å². The molecule has 0 saturated carbocycles. The lowest BCUT2D eigenvalue weighted by Crippen LogP contribution is -2.45. The van der Waals surface area contributed by atoms with Crippen LogP contribution in [0, 0.1) is 0 Å². The number of rotatable bonds is 69. The number of allylic oxidation sites excluding steroid dienone is 27. The minimum atomic E-state index is -4.64. The molecule has 1 amide bonds. The van der Waals surface area contributed by atoms with Gasteiger partial charge in [0.25, 0.3) is 7.82 Å². The summed E-state index contributed by atoms with van der Waals surface area (Å²) in [5.41, 5.74) is 0. The Morgan fingerprint density at radius 1 is 0.383 bits per heavy atom. The lowest BCUT2D eigenvalue weighted by Gasteiger charge is -2.29. The van der Waals surface area contributed by atoms with E-state index in [9.17, 15) is 19.4 Å². The molecule has 2 N–H and O–H groups in total. The average molecular weight is 1320 g/mol. The molecule has 3 atom stereocenters. The second-order valence-electron chi connectivity index (χ2n) is 26.6. The fourth-order valence-corrected chi connectivity index (χ4v) is 11.2. The fraction of sp³-hybridized carbons (Fsp3) is 0.659. The Hall–Kier alpha value is -4.14. The van der Waals surface area contributed by atoms with Crippen LogP contribution in [-0.4, -0.2) is 68.5 Å². The van der Waals surface area contributed by atoms with E-state index in [0.29, 0.717) is 23.9 Å². The van der Waals surface area contributed by atoms with Crippen molar-refractivity contribution in [1.82, 2.24) is 5.32 Å². The number of phosphoric acid groups is 1. The van der Waals surface area contributed by atoms with Crippen molar-refractivity contribution in [3.05, 3.63) is 170 Å². The Kier molecular flexibility index (Phi) is 69.9. The number of nitrogens with one attached hydrogen (secondary N) is 1. The van der Waals surface area contributed by atoms with E-state index in [4.69, 9.17) is 9.05 Å². The molecule has 536 valence electrons. The summed E-state index contributed by atoms with van der Waals surface area (Å²) in [7, 11) is 1.21. The van der Waals surface area contributed by atoms with Crippen LogP contribution in [0.2, 0.25) is 0 Å². The number of unbranched alkanes of at least 4 members (excludes halogenated alkanes) is 30. The van der Waals surface area contributed by atoms with Crippen molar-refractivity contribution >= 4 is 13.7 Å². The third-order valence-corrected chi connectivity index (χ3v) is 17.4. The molecule has 8 nitrogen and oxygen atoms in total. The average Bonchev–Trinajstić information content (AvgIpc) is 1.77. The molecule has 0 saturated heterocycles. The maximum atomic E-state index is 13.1. The molecule has 0 bridgehead atoms. The third-order valence-electron chi connectivity index (χ3n) is 16.4. The molecule has 0 aliphatic carbocycles. The van der Waals surface area contributed by atoms with Crippen molar-refractivity contribution in [2.75, 3.05) is 40.9 Å². The molecule has 9 heteroatoms. The predicted molar refractivity (Wildman–Crippen MR) is 412 cm³/mol. The summed E-state index contributed by atoms with van der Waals surface area (Å²) < 4.78 is 23.5. The maximum Gasteiger partial charge on any atom is 0.268 e. The van der Waals surface area contributed by atoms with Crippen molar-refractivity contribution in [1.29, 1.82) is 0 Å². The molecule has 94 heavy (non-hydrogen) atoms. The highest BCUT2D eigenvalue weighted by Gasteiger charge is 2.23. The topological polar surface area (TPSA) is 108 Å². The number of phosphoric ester groups is 1. The molecule has 0 aliphatic heterocycles. The maximum absolute atomic E-state index is 13.1. The summed E-state index contributed by atoms with van der Waals surface area (Å²) in [5, 5.41) is 13.9. The first-order valence-electron chi connectivity index (χ1n) is 38.5. The van der Waals surface area contributed by atoms with Gasteiger partial charge in [-0.15, -0.1) is 0 Å². The van der Waals surface area contributed by atoms with Gasteiger partial charge in [-0.25, -0.2) is 0 Å². The van der Waals surface area contributed by atoms with Crippen LogP contribution in [0.15, 0.2) is 170 Å². The summed E-state index contributed by atoms with van der Waals surface area (Å²) in [6.07, 6.45) is 115. The second kappa shape index (κ2) is 73.1. The molecule has 0 spiro atoms. The highest BCUT2D eigenvalue weighted by atomic mass is 31.2. The SMILES string of the molecule is CC/C=C\C/C=C\C/C=C\C/C=C\C/C=C\C/C=C\C/C=C\C/C=C\C/C=C\C/C=C\C/C=C\C/C=C\CCCCCCC(=O)NC(COP(=O)([O-])OCC[N+](C)(C)C)C(O)/C=C/CC/C=C/CCCCCCCCCCCCCCCCCCCCCCCCCCC. The van der Waals surface area contributed by atoms with E-state index in [0.717, 1.165) is 122 Å². The quantitative estimate of drug-likeness (QED) is 0.0272. The first kappa shape index (κ1) is 89.9. The highest BCUT2D eigenvalue weighted by molar-refractivity contribution is 7.45. The van der Waals surface area contributed by atoms with Gasteiger partial charge in [-0.05, 0) is 122 Å². The van der Waals surface area contributed by atoms with Crippen molar-refractivity contribution in [2.24, 2.45) is 0 Å². The molecule has 0 aromatic heterocycles. The zero-order valence-electron chi connectivity index (χ0n) is 61.4. The zero-order valence-corrected chi connectivity index (χ0v) is 62.2. The van der Waals surface area contributed by atoms with Crippen LogP contribution < -0.4 is 10.2 Å². The minimum absolute atomic E-state index is 0.0203. The predicted octanol–water partition coefficient (Wildman–Crippen LogP) is 24.8. The van der Waals surface area contributed by atoms with Gasteiger partial charge in [0.1, 0.15) is 13.2 Å². The van der Waals surface area contributed by atoms with E-state index < -0.39 is 26.6 Å². The van der Waals surface area contributed by atoms with Crippen LogP contribution in [0.5, 0.6) is 0 Å². The monoisotopic (exact) mass is 1320 g/mol. The number of hydrogen-bond donors (Lipinski definition) is 2. The number of hydrogen-bond acceptors (Lipinski definition) is 6. The summed E-state index contributed by atoms with van der Waals surface area (Å²) in [5.74, 6) is -0.235. The number of amides is 1. The summed E-state index contributed by atoms with van der Waals surface area (Å²) in [4.78, 5) is 25.7. The Balaban J connectivity index is 4.19. The molecule has 0 rings (SSSR count). The van der Waals surface area contributed by atoms with Gasteiger partial charge in [0.05, 0.1) is 39.9 Å². The van der Waals surface area contributed by atoms with Crippen molar-refractivity contribution in [2.45, 2.75) is 321 Å². The Bertz CT molecular complexity index is 2150. The molecule has 3 unspecified atom stereocenters. The summed E-state index contributed by atoms with van der Waals surface area (Å²) in [6.45, 7) is 4.51. The second-order valence-corrected chi connectivity index (χ2v) is 28.0. The van der Waals surface area contributed by atoms with Gasteiger partial charge in [-0.1, -0.05) is 351 Å². The van der Waals surface area contributed by atoms with E-state index in [-0.39, 0.29) is 12.5 Å². The van der Waals surface area contributed by atoms with Crippen LogP contribution in [0.25, 0.3) is 0 Å². The van der Waals surface area contributed by atoms with Crippen LogP contribution in [-0.2, 0) is 18.4 Å². The van der Waals surface area contributed by atoms with Gasteiger partial charge < -0.3 is 28.8 Å². The molecule has 0 aromatic rings. The number of carbonyl (C=O) groups excluding carboxylic acids is 1. The normalized spacial score (nSPS) is 14.5. The van der Waals surface area contributed by atoms with E-state index in [1.165, 1.54) is 161 Å². The number of quaternary nitrogens is 1. The number of nitrogens with zero attached hydrogens (tertiary/aromatic N) is 1. The van der Waals surface area contributed by atoms with Crippen molar-refractivity contribution in [3.63, 3.8) is 0 Å². The van der Waals surface area contributed by atoms with Crippen LogP contribution >= 0.6 is 7.82 Å². The minimum Gasteiger partial charge on any atom is -0.756 e. The molecule has 0 fully saturated rings. The molecule has 0 heterocycles. The van der Waals surface area contributed by atoms with Gasteiger partial charge >= 0.3 is 0 Å². The van der Waals surface area contributed by atoms with Gasteiger partial charge in [-0.2, -0.15) is 0 Å². The van der Waals surface area contributed by atoms with E-state index in [1.54, 1.807) is 6.08 Å². The van der Waals surface area contributed by atoms with Crippen LogP contribution in [0.3, 0.4) is 0 Å². The first-order chi connectivity index (χ1) is 46.0. The smallest absolute Gasteiger partial charge is 0.268 e. The van der Waals surface area contributed by atoms with Gasteiger partial charge in [0, 0.05) is 6.42 Å². The molecule has 0 aromatic carbocycles. The number of carbonyl (C=O) groups is 1. The van der Waals surface area contributed by atoms with Gasteiger partial charge in [-0.3, -0.25) is 9.36 Å². The lowest BCUT2D eigenvalue weighted by atomic mass is 10.0. The van der Waals surface area contributed by atoms with E-state index >= 15 is 0 Å². The Labute approximate surface area is 581 Å². The van der Waals surface area contributed by atoms with E-state index in [1.807, 2.05) is 27.2 Å². The van der Waals surface area contributed by atoms with Crippen LogP contribution in [0.1, 0.15) is 309 Å². The number of aliphatic hydroxyl groups excluding tert-OH is 1.